The number of urea groups is 1. The van der Waals surface area contributed by atoms with Crippen LogP contribution in [0.25, 0.3) is 17.0 Å². The topological polar surface area (TPSA) is 71.3 Å². The summed E-state index contributed by atoms with van der Waals surface area (Å²) in [4.78, 5) is 19.0. The number of rotatable bonds is 4. The molecule has 4 aromatic rings. The molecular weight excluding hydrogens is 462 g/mol. The number of nitrogens with one attached hydrogen (secondary N) is 1. The monoisotopic (exact) mass is 478 g/mol. The molecule has 1 unspecified atom stereocenters. The van der Waals surface area contributed by atoms with Gasteiger partial charge in [0.1, 0.15) is 11.6 Å². The van der Waals surface area contributed by atoms with Gasteiger partial charge in [0.15, 0.2) is 0 Å². The Morgan fingerprint density at radius 1 is 1.00 bits per heavy atom. The fourth-order valence-electron chi connectivity index (χ4n) is 3.90. The van der Waals surface area contributed by atoms with Crippen LogP contribution in [0.4, 0.5) is 19.3 Å². The van der Waals surface area contributed by atoms with Gasteiger partial charge in [-0.05, 0) is 67.1 Å². The van der Waals surface area contributed by atoms with E-state index in [-0.39, 0.29) is 5.89 Å². The SMILES string of the molecule is CC1=C(c2nc(-c3ccc(Cl)cc3)no2)C(c2ccc(F)cc2)NC(=O)N1c1cccc(F)c1. The Bertz CT molecular complexity index is 1400. The van der Waals surface area contributed by atoms with Crippen molar-refractivity contribution in [1.29, 1.82) is 0 Å². The summed E-state index contributed by atoms with van der Waals surface area (Å²) >= 11 is 5.97. The van der Waals surface area contributed by atoms with Crippen molar-refractivity contribution in [2.24, 2.45) is 0 Å². The summed E-state index contributed by atoms with van der Waals surface area (Å²) in [7, 11) is 0. The van der Waals surface area contributed by atoms with Gasteiger partial charge >= 0.3 is 6.03 Å². The third kappa shape index (κ3) is 4.04. The van der Waals surface area contributed by atoms with Gasteiger partial charge in [-0.15, -0.1) is 0 Å². The van der Waals surface area contributed by atoms with Gasteiger partial charge in [0.2, 0.25) is 5.82 Å². The number of hydrogen-bond acceptors (Lipinski definition) is 4. The van der Waals surface area contributed by atoms with Crippen LogP contribution < -0.4 is 10.2 Å². The Balaban J connectivity index is 1.65. The molecule has 5 rings (SSSR count). The summed E-state index contributed by atoms with van der Waals surface area (Å²) in [6.45, 7) is 1.71. The van der Waals surface area contributed by atoms with Gasteiger partial charge in [-0.3, -0.25) is 4.90 Å². The number of nitrogens with zero attached hydrogens (tertiary/aromatic N) is 3. The van der Waals surface area contributed by atoms with Crippen LogP contribution in [-0.4, -0.2) is 16.2 Å². The Morgan fingerprint density at radius 2 is 1.74 bits per heavy atom. The van der Waals surface area contributed by atoms with Crippen LogP contribution in [0, 0.1) is 11.6 Å². The van der Waals surface area contributed by atoms with Crippen molar-refractivity contribution in [3.05, 3.63) is 107 Å². The molecule has 6 nitrogen and oxygen atoms in total. The van der Waals surface area contributed by atoms with Crippen molar-refractivity contribution in [3.63, 3.8) is 0 Å². The Kier molecular flexibility index (Phi) is 5.59. The van der Waals surface area contributed by atoms with Crippen LogP contribution in [0.15, 0.2) is 83.0 Å². The standard InChI is InChI=1S/C25H17ClF2N4O2/c1-14-21(24-30-23(31-34-24)16-5-9-17(26)10-6-16)22(15-7-11-18(27)12-8-15)29-25(33)32(14)20-4-2-3-19(28)13-20/h2-13,22H,1H3,(H,29,33). The number of carbonyl (C=O) groups is 1. The highest BCUT2D eigenvalue weighted by Crippen LogP contribution is 2.39. The molecule has 9 heteroatoms. The first-order valence-electron chi connectivity index (χ1n) is 10.3. The van der Waals surface area contributed by atoms with Gasteiger partial charge < -0.3 is 9.84 Å². The zero-order valence-corrected chi connectivity index (χ0v) is 18.6. The molecule has 0 saturated carbocycles. The van der Waals surface area contributed by atoms with Crippen molar-refractivity contribution in [2.45, 2.75) is 13.0 Å². The number of hydrogen-bond donors (Lipinski definition) is 1. The van der Waals surface area contributed by atoms with Gasteiger partial charge in [-0.2, -0.15) is 4.98 Å². The first kappa shape index (κ1) is 21.8. The van der Waals surface area contributed by atoms with Crippen molar-refractivity contribution >= 4 is 28.9 Å². The van der Waals surface area contributed by atoms with E-state index in [1.165, 1.54) is 35.2 Å². The van der Waals surface area contributed by atoms with E-state index in [0.717, 1.165) is 0 Å². The second-order valence-electron chi connectivity index (χ2n) is 7.68. The molecule has 1 atom stereocenters. The number of aromatic nitrogens is 2. The molecule has 1 aliphatic heterocycles. The maximum atomic E-state index is 13.9. The van der Waals surface area contributed by atoms with E-state index in [1.807, 2.05) is 0 Å². The normalized spacial score (nSPS) is 16.1. The quantitative estimate of drug-likeness (QED) is 0.370. The van der Waals surface area contributed by atoms with Crippen molar-refractivity contribution in [1.82, 2.24) is 15.5 Å². The van der Waals surface area contributed by atoms with Crippen molar-refractivity contribution in [2.75, 3.05) is 4.90 Å². The summed E-state index contributed by atoms with van der Waals surface area (Å²) in [6.07, 6.45) is 0. The van der Waals surface area contributed by atoms with Gasteiger partial charge in [-0.1, -0.05) is 35.0 Å². The second kappa shape index (κ2) is 8.72. The second-order valence-corrected chi connectivity index (χ2v) is 8.11. The summed E-state index contributed by atoms with van der Waals surface area (Å²) in [5.74, 6) is -0.391. The number of allylic oxidation sites excluding steroid dienone is 1. The lowest BCUT2D eigenvalue weighted by Gasteiger charge is -2.35. The molecule has 2 heterocycles. The van der Waals surface area contributed by atoms with E-state index < -0.39 is 23.7 Å². The molecule has 0 fully saturated rings. The lowest BCUT2D eigenvalue weighted by Crippen LogP contribution is -2.46. The lowest BCUT2D eigenvalue weighted by atomic mass is 9.94. The minimum atomic E-state index is -0.698. The van der Waals surface area contributed by atoms with E-state index in [4.69, 9.17) is 16.1 Å². The molecule has 34 heavy (non-hydrogen) atoms. The van der Waals surface area contributed by atoms with Crippen molar-refractivity contribution < 1.29 is 18.1 Å². The van der Waals surface area contributed by atoms with Gasteiger partial charge in [0, 0.05) is 16.3 Å². The highest BCUT2D eigenvalue weighted by Gasteiger charge is 2.36. The minimum Gasteiger partial charge on any atom is -0.334 e. The minimum absolute atomic E-state index is 0.165. The van der Waals surface area contributed by atoms with E-state index >= 15 is 0 Å². The molecule has 1 aliphatic rings. The average molecular weight is 479 g/mol. The van der Waals surface area contributed by atoms with E-state index in [2.05, 4.69) is 15.5 Å². The van der Waals surface area contributed by atoms with Crippen molar-refractivity contribution in [3.8, 4) is 11.4 Å². The molecule has 1 aromatic heterocycles. The predicted octanol–water partition coefficient (Wildman–Crippen LogP) is 6.37. The molecule has 0 radical (unpaired) electrons. The maximum absolute atomic E-state index is 13.9. The van der Waals surface area contributed by atoms with Crippen LogP contribution in [0.1, 0.15) is 24.4 Å². The molecule has 0 spiro atoms. The average Bonchev–Trinajstić information content (AvgIpc) is 3.29. The Morgan fingerprint density at radius 3 is 2.44 bits per heavy atom. The fraction of sp³-hybridized carbons (Fsp3) is 0.0800. The Hall–Kier alpha value is -4.04. The molecule has 170 valence electrons. The number of benzene rings is 3. The van der Waals surface area contributed by atoms with E-state index in [9.17, 15) is 13.6 Å². The number of halogens is 3. The van der Waals surface area contributed by atoms with Crippen LogP contribution in [-0.2, 0) is 0 Å². The molecule has 1 N–H and O–H groups in total. The first-order valence-corrected chi connectivity index (χ1v) is 10.7. The highest BCUT2D eigenvalue weighted by atomic mass is 35.5. The summed E-state index contributed by atoms with van der Waals surface area (Å²) in [6, 6.07) is 17.2. The van der Waals surface area contributed by atoms with Gasteiger partial charge in [0.25, 0.3) is 5.89 Å². The first-order chi connectivity index (χ1) is 16.4. The summed E-state index contributed by atoms with van der Waals surface area (Å²) in [5.41, 5.74) is 2.62. The van der Waals surface area contributed by atoms with Crippen LogP contribution in [0.3, 0.4) is 0 Å². The van der Waals surface area contributed by atoms with Crippen LogP contribution in [0.5, 0.6) is 0 Å². The predicted molar refractivity (Wildman–Crippen MR) is 124 cm³/mol. The molecule has 0 aliphatic carbocycles. The molecule has 2 amide bonds. The number of amides is 2. The van der Waals surface area contributed by atoms with Crippen LogP contribution >= 0.6 is 11.6 Å². The van der Waals surface area contributed by atoms with Crippen LogP contribution in [0.2, 0.25) is 5.02 Å². The largest absolute Gasteiger partial charge is 0.334 e. The molecular formula is C25H17ClF2N4O2. The molecule has 3 aromatic carbocycles. The highest BCUT2D eigenvalue weighted by molar-refractivity contribution is 6.30. The lowest BCUT2D eigenvalue weighted by molar-refractivity contribution is 0.244. The third-order valence-corrected chi connectivity index (χ3v) is 5.77. The van der Waals surface area contributed by atoms with Gasteiger partial charge in [0.05, 0.1) is 17.3 Å². The zero-order chi connectivity index (χ0) is 23.8. The maximum Gasteiger partial charge on any atom is 0.327 e. The fourth-order valence-corrected chi connectivity index (χ4v) is 4.03. The zero-order valence-electron chi connectivity index (χ0n) is 17.8. The Labute approximate surface area is 198 Å². The smallest absolute Gasteiger partial charge is 0.327 e. The molecule has 0 saturated heterocycles. The van der Waals surface area contributed by atoms with Gasteiger partial charge in [-0.25, -0.2) is 13.6 Å². The van der Waals surface area contributed by atoms with E-state index in [1.54, 1.807) is 49.4 Å². The number of anilines is 1. The summed E-state index contributed by atoms with van der Waals surface area (Å²) < 4.78 is 33.1. The summed E-state index contributed by atoms with van der Waals surface area (Å²) in [5, 5.41) is 7.55. The van der Waals surface area contributed by atoms with E-state index in [0.29, 0.717) is 38.9 Å². The number of carbonyl (C=O) groups excluding carboxylic acids is 1. The third-order valence-electron chi connectivity index (χ3n) is 5.51. The molecule has 0 bridgehead atoms.